The van der Waals surface area contributed by atoms with Crippen LogP contribution in [0.1, 0.15) is 46.1 Å². The van der Waals surface area contributed by atoms with E-state index in [2.05, 4.69) is 0 Å². The van der Waals surface area contributed by atoms with Crippen LogP contribution >= 0.6 is 0 Å². The van der Waals surface area contributed by atoms with Gasteiger partial charge in [0, 0.05) is 11.0 Å². The maximum Gasteiger partial charge on any atom is 0.334 e. The van der Waals surface area contributed by atoms with Crippen molar-refractivity contribution < 1.29 is 33.6 Å². The number of carbonyl (C=O) groups excluding carboxylic acids is 2. The van der Waals surface area contributed by atoms with Crippen LogP contribution in [-0.2, 0) is 19.1 Å². The SMILES string of the molecule is CC(C)OC(=O)C1=C(c2ccc3c(c2)OCO3)CC(C(=O)OCC(C)(C)CO)C1. The van der Waals surface area contributed by atoms with Gasteiger partial charge in [-0.05, 0) is 50.0 Å². The van der Waals surface area contributed by atoms with Crippen molar-refractivity contribution in [3.8, 4) is 11.5 Å². The number of hydrogen-bond acceptors (Lipinski definition) is 7. The van der Waals surface area contributed by atoms with Gasteiger partial charge in [0.25, 0.3) is 0 Å². The summed E-state index contributed by atoms with van der Waals surface area (Å²) in [6.45, 7) is 7.40. The first-order valence-electron chi connectivity index (χ1n) is 9.80. The number of ether oxygens (including phenoxy) is 4. The molecule has 1 aliphatic carbocycles. The van der Waals surface area contributed by atoms with Gasteiger partial charge >= 0.3 is 11.9 Å². The minimum absolute atomic E-state index is 0.0857. The second-order valence-corrected chi connectivity index (χ2v) is 8.51. The molecule has 1 heterocycles. The van der Waals surface area contributed by atoms with Crippen LogP contribution in [0.5, 0.6) is 11.5 Å². The highest BCUT2D eigenvalue weighted by atomic mass is 16.7. The molecular weight excluding hydrogens is 376 g/mol. The molecule has 7 heteroatoms. The molecule has 0 radical (unpaired) electrons. The summed E-state index contributed by atoms with van der Waals surface area (Å²) in [5.74, 6) is -0.00135. The molecule has 158 valence electrons. The molecule has 0 fully saturated rings. The van der Waals surface area contributed by atoms with Crippen molar-refractivity contribution in [3.63, 3.8) is 0 Å². The van der Waals surface area contributed by atoms with Crippen LogP contribution in [0.2, 0.25) is 0 Å². The zero-order chi connectivity index (χ0) is 21.2. The van der Waals surface area contributed by atoms with Gasteiger partial charge in [0.1, 0.15) is 0 Å². The standard InChI is InChI=1S/C22H28O7/c1-13(2)29-21(25)17-8-15(20(24)26-11-22(3,4)10-23)7-16(17)14-5-6-18-19(9-14)28-12-27-18/h5-6,9,13,15,23H,7-8,10-12H2,1-4H3. The fraction of sp³-hybridized carbons (Fsp3) is 0.545. The van der Waals surface area contributed by atoms with Crippen molar-refractivity contribution in [1.29, 1.82) is 0 Å². The summed E-state index contributed by atoms with van der Waals surface area (Å²) in [6.07, 6.45) is 0.373. The van der Waals surface area contributed by atoms with Gasteiger partial charge in [0.15, 0.2) is 11.5 Å². The van der Waals surface area contributed by atoms with Gasteiger partial charge in [-0.3, -0.25) is 4.79 Å². The van der Waals surface area contributed by atoms with Gasteiger partial charge in [0.05, 0.1) is 25.2 Å². The Morgan fingerprint density at radius 1 is 1.21 bits per heavy atom. The Morgan fingerprint density at radius 3 is 2.62 bits per heavy atom. The second-order valence-electron chi connectivity index (χ2n) is 8.51. The lowest BCUT2D eigenvalue weighted by molar-refractivity contribution is -0.152. The van der Waals surface area contributed by atoms with Crippen molar-refractivity contribution in [1.82, 2.24) is 0 Å². The van der Waals surface area contributed by atoms with Crippen molar-refractivity contribution in [2.24, 2.45) is 11.3 Å². The maximum atomic E-state index is 12.7. The van der Waals surface area contributed by atoms with Crippen LogP contribution in [0, 0.1) is 11.3 Å². The van der Waals surface area contributed by atoms with Crippen LogP contribution in [-0.4, -0.2) is 43.2 Å². The molecule has 0 saturated heterocycles. The van der Waals surface area contributed by atoms with E-state index in [4.69, 9.17) is 18.9 Å². The Hall–Kier alpha value is -2.54. The Morgan fingerprint density at radius 2 is 1.93 bits per heavy atom. The number of benzene rings is 1. The number of aliphatic hydroxyl groups excluding tert-OH is 1. The Labute approximate surface area is 170 Å². The molecule has 1 unspecified atom stereocenters. The van der Waals surface area contributed by atoms with E-state index < -0.39 is 17.3 Å². The van der Waals surface area contributed by atoms with E-state index in [1.165, 1.54) is 0 Å². The average molecular weight is 404 g/mol. The van der Waals surface area contributed by atoms with Crippen molar-refractivity contribution in [3.05, 3.63) is 29.3 Å². The Kier molecular flexibility index (Phi) is 6.17. The molecule has 29 heavy (non-hydrogen) atoms. The minimum atomic E-state index is -0.513. The first-order valence-corrected chi connectivity index (χ1v) is 9.80. The normalized spacial score (nSPS) is 18.3. The minimum Gasteiger partial charge on any atom is -0.465 e. The summed E-state index contributed by atoms with van der Waals surface area (Å²) in [7, 11) is 0. The molecule has 0 aromatic heterocycles. The predicted molar refractivity (Wildman–Crippen MR) is 105 cm³/mol. The summed E-state index contributed by atoms with van der Waals surface area (Å²) in [6, 6.07) is 5.47. The van der Waals surface area contributed by atoms with E-state index in [-0.39, 0.29) is 38.5 Å². The van der Waals surface area contributed by atoms with Gasteiger partial charge < -0.3 is 24.1 Å². The molecule has 1 atom stereocenters. The maximum absolute atomic E-state index is 12.7. The summed E-state index contributed by atoms with van der Waals surface area (Å²) < 4.78 is 21.6. The molecule has 1 aliphatic heterocycles. The first kappa shape index (κ1) is 21.2. The van der Waals surface area contributed by atoms with Gasteiger partial charge in [-0.15, -0.1) is 0 Å². The molecule has 0 amide bonds. The topological polar surface area (TPSA) is 91.3 Å². The summed E-state index contributed by atoms with van der Waals surface area (Å²) in [4.78, 5) is 25.3. The monoisotopic (exact) mass is 404 g/mol. The Bertz CT molecular complexity index is 822. The molecule has 7 nitrogen and oxygen atoms in total. The summed E-state index contributed by atoms with van der Waals surface area (Å²) in [5, 5.41) is 9.36. The number of aliphatic hydroxyl groups is 1. The number of esters is 2. The van der Waals surface area contributed by atoms with E-state index in [1.807, 2.05) is 26.0 Å². The number of allylic oxidation sites excluding steroid dienone is 1. The fourth-order valence-corrected chi connectivity index (χ4v) is 3.28. The van der Waals surface area contributed by atoms with Crippen LogP contribution in [0.4, 0.5) is 0 Å². The predicted octanol–water partition coefficient (Wildman–Crippen LogP) is 3.09. The second kappa shape index (κ2) is 8.45. The van der Waals surface area contributed by atoms with Crippen LogP contribution in [0.15, 0.2) is 23.8 Å². The highest BCUT2D eigenvalue weighted by Crippen LogP contribution is 2.42. The van der Waals surface area contributed by atoms with Gasteiger partial charge in [0.2, 0.25) is 6.79 Å². The smallest absolute Gasteiger partial charge is 0.334 e. The molecule has 2 aliphatic rings. The molecule has 1 aromatic carbocycles. The lowest BCUT2D eigenvalue weighted by Crippen LogP contribution is -2.28. The number of fused-ring (bicyclic) bond motifs is 1. The fourth-order valence-electron chi connectivity index (χ4n) is 3.28. The lowest BCUT2D eigenvalue weighted by Gasteiger charge is -2.22. The molecule has 1 N–H and O–H groups in total. The molecular formula is C22H28O7. The quantitative estimate of drug-likeness (QED) is 0.698. The van der Waals surface area contributed by atoms with E-state index in [0.29, 0.717) is 23.5 Å². The molecule has 1 aromatic rings. The van der Waals surface area contributed by atoms with Crippen LogP contribution in [0.3, 0.4) is 0 Å². The highest BCUT2D eigenvalue weighted by Gasteiger charge is 2.36. The summed E-state index contributed by atoms with van der Waals surface area (Å²) in [5.41, 5.74) is 1.54. The van der Waals surface area contributed by atoms with Gasteiger partial charge in [-0.2, -0.15) is 0 Å². The number of hydrogen-bond donors (Lipinski definition) is 1. The average Bonchev–Trinajstić information content (AvgIpc) is 3.32. The third-order valence-corrected chi connectivity index (χ3v) is 4.94. The van der Waals surface area contributed by atoms with E-state index in [0.717, 1.165) is 11.1 Å². The zero-order valence-corrected chi connectivity index (χ0v) is 17.3. The zero-order valence-electron chi connectivity index (χ0n) is 17.3. The Balaban J connectivity index is 1.82. The number of carbonyl (C=O) groups is 2. The van der Waals surface area contributed by atoms with Crippen LogP contribution < -0.4 is 9.47 Å². The van der Waals surface area contributed by atoms with Crippen molar-refractivity contribution >= 4 is 17.5 Å². The molecule has 3 rings (SSSR count). The van der Waals surface area contributed by atoms with Crippen molar-refractivity contribution in [2.75, 3.05) is 20.0 Å². The molecule has 0 spiro atoms. The highest BCUT2D eigenvalue weighted by molar-refractivity contribution is 6.01. The molecule has 0 saturated carbocycles. The summed E-state index contributed by atoms with van der Waals surface area (Å²) >= 11 is 0. The third-order valence-electron chi connectivity index (χ3n) is 4.94. The largest absolute Gasteiger partial charge is 0.465 e. The van der Waals surface area contributed by atoms with Crippen molar-refractivity contribution in [2.45, 2.75) is 46.6 Å². The van der Waals surface area contributed by atoms with E-state index >= 15 is 0 Å². The van der Waals surface area contributed by atoms with Gasteiger partial charge in [-0.25, -0.2) is 4.79 Å². The first-order chi connectivity index (χ1) is 13.7. The molecule has 0 bridgehead atoms. The van der Waals surface area contributed by atoms with Gasteiger partial charge in [-0.1, -0.05) is 19.9 Å². The lowest BCUT2D eigenvalue weighted by atomic mass is 9.96. The number of rotatable bonds is 7. The third kappa shape index (κ3) is 4.90. The van der Waals surface area contributed by atoms with E-state index in [1.54, 1.807) is 19.9 Å². The van der Waals surface area contributed by atoms with Crippen LogP contribution in [0.25, 0.3) is 5.57 Å². The van der Waals surface area contributed by atoms with E-state index in [9.17, 15) is 14.7 Å².